The van der Waals surface area contributed by atoms with E-state index in [1.54, 1.807) is 0 Å². The summed E-state index contributed by atoms with van der Waals surface area (Å²) < 4.78 is 0. The van der Waals surface area contributed by atoms with Gasteiger partial charge in [0.1, 0.15) is 0 Å². The SMILES string of the molecule is C[C@@H]1CN(C)CCN1CC1CCN(C(=O)C2CCCC2)CC1. The van der Waals surface area contributed by atoms with E-state index in [9.17, 15) is 4.79 Å². The fourth-order valence-corrected chi connectivity index (χ4v) is 4.55. The second kappa shape index (κ2) is 7.31. The van der Waals surface area contributed by atoms with Crippen LogP contribution in [0.4, 0.5) is 0 Å². The smallest absolute Gasteiger partial charge is 0.225 e. The number of piperazine rings is 1. The van der Waals surface area contributed by atoms with Gasteiger partial charge in [-0.05, 0) is 45.6 Å². The molecule has 1 saturated carbocycles. The van der Waals surface area contributed by atoms with Gasteiger partial charge in [0.2, 0.25) is 5.91 Å². The maximum absolute atomic E-state index is 12.5. The zero-order valence-corrected chi connectivity index (χ0v) is 14.5. The lowest BCUT2D eigenvalue weighted by Crippen LogP contribution is -2.52. The highest BCUT2D eigenvalue weighted by Crippen LogP contribution is 2.29. The molecule has 2 aliphatic heterocycles. The summed E-state index contributed by atoms with van der Waals surface area (Å²) in [6.45, 7) is 9.19. The Labute approximate surface area is 135 Å². The third-order valence-electron chi connectivity index (χ3n) is 6.09. The van der Waals surface area contributed by atoms with Crippen molar-refractivity contribution in [3.63, 3.8) is 0 Å². The Hall–Kier alpha value is -0.610. The van der Waals surface area contributed by atoms with E-state index in [0.29, 0.717) is 17.9 Å². The van der Waals surface area contributed by atoms with Gasteiger partial charge in [-0.1, -0.05) is 12.8 Å². The van der Waals surface area contributed by atoms with Crippen LogP contribution in [0.15, 0.2) is 0 Å². The van der Waals surface area contributed by atoms with Gasteiger partial charge in [0.05, 0.1) is 0 Å². The van der Waals surface area contributed by atoms with E-state index in [1.807, 2.05) is 0 Å². The molecule has 126 valence electrons. The molecule has 0 radical (unpaired) electrons. The van der Waals surface area contributed by atoms with Gasteiger partial charge in [0, 0.05) is 51.2 Å². The van der Waals surface area contributed by atoms with E-state index in [2.05, 4.69) is 28.7 Å². The highest BCUT2D eigenvalue weighted by atomic mass is 16.2. The maximum atomic E-state index is 12.5. The van der Waals surface area contributed by atoms with Crippen LogP contribution in [0.5, 0.6) is 0 Å². The highest BCUT2D eigenvalue weighted by Gasteiger charge is 2.31. The van der Waals surface area contributed by atoms with Gasteiger partial charge in [-0.25, -0.2) is 0 Å². The molecule has 0 aromatic rings. The molecular weight excluding hydrogens is 274 g/mol. The fraction of sp³-hybridized carbons (Fsp3) is 0.944. The van der Waals surface area contributed by atoms with Crippen molar-refractivity contribution in [3.8, 4) is 0 Å². The molecule has 22 heavy (non-hydrogen) atoms. The Kier molecular flexibility index (Phi) is 5.40. The maximum Gasteiger partial charge on any atom is 0.225 e. The predicted octanol–water partition coefficient (Wildman–Crippen LogP) is 2.05. The molecule has 3 aliphatic rings. The van der Waals surface area contributed by atoms with Crippen LogP contribution in [-0.4, -0.2) is 73.0 Å². The Balaban J connectivity index is 1.42. The summed E-state index contributed by atoms with van der Waals surface area (Å²) in [6.07, 6.45) is 7.20. The van der Waals surface area contributed by atoms with Gasteiger partial charge in [-0.15, -0.1) is 0 Å². The van der Waals surface area contributed by atoms with Gasteiger partial charge < -0.3 is 9.80 Å². The molecule has 1 amide bonds. The van der Waals surface area contributed by atoms with Crippen molar-refractivity contribution in [1.82, 2.24) is 14.7 Å². The summed E-state index contributed by atoms with van der Waals surface area (Å²) in [6, 6.07) is 0.678. The van der Waals surface area contributed by atoms with Gasteiger partial charge >= 0.3 is 0 Å². The van der Waals surface area contributed by atoms with Crippen molar-refractivity contribution in [2.75, 3.05) is 46.3 Å². The fourth-order valence-electron chi connectivity index (χ4n) is 4.55. The molecular formula is C18H33N3O. The third kappa shape index (κ3) is 3.83. The molecule has 0 aromatic heterocycles. The molecule has 2 saturated heterocycles. The lowest BCUT2D eigenvalue weighted by atomic mass is 9.94. The van der Waals surface area contributed by atoms with Crippen molar-refractivity contribution >= 4 is 5.91 Å². The molecule has 1 aliphatic carbocycles. The molecule has 0 aromatic carbocycles. The van der Waals surface area contributed by atoms with Gasteiger partial charge in [-0.2, -0.15) is 0 Å². The number of likely N-dealkylation sites (N-methyl/N-ethyl adjacent to an activating group) is 1. The zero-order chi connectivity index (χ0) is 15.5. The standard InChI is InChI=1S/C18H33N3O/c1-15-13-19(2)11-12-21(15)14-16-7-9-20(10-8-16)18(22)17-5-3-4-6-17/h15-17H,3-14H2,1-2H3/t15-/m1/s1. The minimum Gasteiger partial charge on any atom is -0.342 e. The molecule has 4 nitrogen and oxygen atoms in total. The van der Waals surface area contributed by atoms with Crippen LogP contribution in [0.25, 0.3) is 0 Å². The number of carbonyl (C=O) groups excluding carboxylic acids is 1. The first-order valence-electron chi connectivity index (χ1n) is 9.35. The number of hydrogen-bond donors (Lipinski definition) is 0. The minimum atomic E-state index is 0.356. The van der Waals surface area contributed by atoms with Crippen LogP contribution in [-0.2, 0) is 4.79 Å². The van der Waals surface area contributed by atoms with Crippen LogP contribution in [0.1, 0.15) is 45.4 Å². The monoisotopic (exact) mass is 307 g/mol. The van der Waals surface area contributed by atoms with E-state index in [0.717, 1.165) is 31.8 Å². The number of hydrogen-bond acceptors (Lipinski definition) is 3. The summed E-state index contributed by atoms with van der Waals surface area (Å²) in [5.41, 5.74) is 0. The number of carbonyl (C=O) groups is 1. The van der Waals surface area contributed by atoms with Crippen LogP contribution in [0.2, 0.25) is 0 Å². The first kappa shape index (κ1) is 16.3. The van der Waals surface area contributed by atoms with Crippen LogP contribution >= 0.6 is 0 Å². The molecule has 0 spiro atoms. The van der Waals surface area contributed by atoms with E-state index < -0.39 is 0 Å². The average molecular weight is 307 g/mol. The van der Waals surface area contributed by atoms with Crippen LogP contribution < -0.4 is 0 Å². The van der Waals surface area contributed by atoms with E-state index >= 15 is 0 Å². The molecule has 0 unspecified atom stereocenters. The second-order valence-corrected chi connectivity index (χ2v) is 7.86. The lowest BCUT2D eigenvalue weighted by molar-refractivity contribution is -0.136. The van der Waals surface area contributed by atoms with Crippen molar-refractivity contribution in [2.24, 2.45) is 11.8 Å². The Bertz CT molecular complexity index is 373. The zero-order valence-electron chi connectivity index (χ0n) is 14.5. The quantitative estimate of drug-likeness (QED) is 0.798. The molecule has 3 rings (SSSR count). The first-order chi connectivity index (χ1) is 10.6. The molecule has 0 N–H and O–H groups in total. The van der Waals surface area contributed by atoms with Crippen molar-refractivity contribution < 1.29 is 4.79 Å². The molecule has 4 heteroatoms. The molecule has 0 bridgehead atoms. The van der Waals surface area contributed by atoms with E-state index in [-0.39, 0.29) is 0 Å². The normalized spacial score (nSPS) is 30.1. The van der Waals surface area contributed by atoms with Crippen molar-refractivity contribution in [2.45, 2.75) is 51.5 Å². The van der Waals surface area contributed by atoms with E-state index in [1.165, 1.54) is 51.9 Å². The summed E-state index contributed by atoms with van der Waals surface area (Å²) in [5.74, 6) is 1.61. The molecule has 1 atom stereocenters. The predicted molar refractivity (Wildman–Crippen MR) is 89.8 cm³/mol. The van der Waals surface area contributed by atoms with Crippen LogP contribution in [0, 0.1) is 11.8 Å². The first-order valence-corrected chi connectivity index (χ1v) is 9.35. The average Bonchev–Trinajstić information content (AvgIpc) is 3.04. The summed E-state index contributed by atoms with van der Waals surface area (Å²) in [7, 11) is 2.22. The Morgan fingerprint density at radius 1 is 1.00 bits per heavy atom. The highest BCUT2D eigenvalue weighted by molar-refractivity contribution is 5.79. The van der Waals surface area contributed by atoms with Gasteiger partial charge in [0.25, 0.3) is 0 Å². The number of piperidine rings is 1. The van der Waals surface area contributed by atoms with Crippen LogP contribution in [0.3, 0.4) is 0 Å². The molecule has 3 fully saturated rings. The molecule has 2 heterocycles. The number of nitrogens with zero attached hydrogens (tertiary/aromatic N) is 3. The Morgan fingerprint density at radius 2 is 1.68 bits per heavy atom. The van der Waals surface area contributed by atoms with Crippen molar-refractivity contribution in [1.29, 1.82) is 0 Å². The van der Waals surface area contributed by atoms with Gasteiger partial charge in [-0.3, -0.25) is 9.69 Å². The second-order valence-electron chi connectivity index (χ2n) is 7.86. The number of likely N-dealkylation sites (tertiary alicyclic amines) is 1. The van der Waals surface area contributed by atoms with E-state index in [4.69, 9.17) is 0 Å². The lowest BCUT2D eigenvalue weighted by Gasteiger charge is -2.42. The number of amides is 1. The van der Waals surface area contributed by atoms with Gasteiger partial charge in [0.15, 0.2) is 0 Å². The largest absolute Gasteiger partial charge is 0.342 e. The summed E-state index contributed by atoms with van der Waals surface area (Å²) in [5, 5.41) is 0. The van der Waals surface area contributed by atoms with Crippen molar-refractivity contribution in [3.05, 3.63) is 0 Å². The number of rotatable bonds is 3. The minimum absolute atomic E-state index is 0.356. The Morgan fingerprint density at radius 3 is 2.32 bits per heavy atom. The topological polar surface area (TPSA) is 26.8 Å². The summed E-state index contributed by atoms with van der Waals surface area (Å²) in [4.78, 5) is 19.8. The third-order valence-corrected chi connectivity index (χ3v) is 6.09. The summed E-state index contributed by atoms with van der Waals surface area (Å²) >= 11 is 0.